The van der Waals surface area contributed by atoms with Crippen molar-refractivity contribution < 1.29 is 9.53 Å². The van der Waals surface area contributed by atoms with Gasteiger partial charge in [0.15, 0.2) is 0 Å². The first kappa shape index (κ1) is 33.7. The zero-order chi connectivity index (χ0) is 27.8. The van der Waals surface area contributed by atoms with E-state index in [1.165, 1.54) is 40.7 Å². The Bertz CT molecular complexity index is 936. The third-order valence-corrected chi connectivity index (χ3v) is 6.54. The Morgan fingerprint density at radius 3 is 2.14 bits per heavy atom. The minimum Gasteiger partial charge on any atom is -0.457 e. The Labute approximate surface area is 223 Å². The van der Waals surface area contributed by atoms with Crippen molar-refractivity contribution >= 4 is 5.78 Å². The number of benzene rings is 2. The van der Waals surface area contributed by atoms with E-state index in [4.69, 9.17) is 4.74 Å². The highest BCUT2D eigenvalue weighted by Gasteiger charge is 2.21. The van der Waals surface area contributed by atoms with Crippen LogP contribution in [0.25, 0.3) is 0 Å². The zero-order valence-electron chi connectivity index (χ0n) is 25.3. The second kappa shape index (κ2) is 18.0. The van der Waals surface area contributed by atoms with Gasteiger partial charge in [-0.05, 0) is 98.2 Å². The molecule has 0 spiro atoms. The van der Waals surface area contributed by atoms with Crippen molar-refractivity contribution in [1.82, 2.24) is 0 Å². The van der Waals surface area contributed by atoms with Gasteiger partial charge in [-0.15, -0.1) is 0 Å². The summed E-state index contributed by atoms with van der Waals surface area (Å²) in [5, 5.41) is 0. The third-order valence-electron chi connectivity index (χ3n) is 6.54. The van der Waals surface area contributed by atoms with E-state index in [1.54, 1.807) is 12.5 Å². The van der Waals surface area contributed by atoms with Gasteiger partial charge in [-0.2, -0.15) is 0 Å². The third kappa shape index (κ3) is 10.3. The fourth-order valence-corrected chi connectivity index (χ4v) is 4.23. The lowest BCUT2D eigenvalue weighted by Gasteiger charge is -2.17. The van der Waals surface area contributed by atoms with Crippen LogP contribution in [-0.2, 0) is 24.1 Å². The lowest BCUT2D eigenvalue weighted by atomic mass is 9.97. The Morgan fingerprint density at radius 1 is 1.00 bits per heavy atom. The Hall–Kier alpha value is -2.35. The molecule has 0 aromatic heterocycles. The van der Waals surface area contributed by atoms with Crippen LogP contribution in [0, 0.1) is 12.8 Å². The molecule has 0 heterocycles. The van der Waals surface area contributed by atoms with Crippen LogP contribution in [0.1, 0.15) is 122 Å². The van der Waals surface area contributed by atoms with E-state index in [1.807, 2.05) is 34.6 Å². The summed E-state index contributed by atoms with van der Waals surface area (Å²) in [6, 6.07) is 10.8. The molecule has 0 saturated heterocycles. The number of carbonyl (C=O) groups is 1. The molecule has 36 heavy (non-hydrogen) atoms. The molecule has 1 aliphatic carbocycles. The highest BCUT2D eigenvalue weighted by Crippen LogP contribution is 2.39. The van der Waals surface area contributed by atoms with Crippen LogP contribution in [0.15, 0.2) is 42.5 Å². The number of hydrogen-bond donors (Lipinski definition) is 0. The van der Waals surface area contributed by atoms with Crippen LogP contribution >= 0.6 is 0 Å². The summed E-state index contributed by atoms with van der Waals surface area (Å²) < 4.78 is 6.34. The van der Waals surface area contributed by atoms with Crippen LogP contribution in [0.4, 0.5) is 0 Å². The summed E-state index contributed by atoms with van der Waals surface area (Å²) in [6.07, 6.45) is 6.58. The average Bonchev–Trinajstić information content (AvgIpc) is 3.38. The maximum Gasteiger partial charge on any atom is 0.133 e. The van der Waals surface area contributed by atoms with Crippen molar-refractivity contribution in [3.63, 3.8) is 0 Å². The minimum absolute atomic E-state index is 0.160. The fourth-order valence-electron chi connectivity index (χ4n) is 4.23. The number of fused-ring (bicyclic) bond motifs is 1. The number of rotatable bonds is 8. The van der Waals surface area contributed by atoms with Crippen molar-refractivity contribution in [3.05, 3.63) is 70.3 Å². The van der Waals surface area contributed by atoms with Crippen LogP contribution < -0.4 is 4.74 Å². The molecule has 0 fully saturated rings. The van der Waals surface area contributed by atoms with Crippen molar-refractivity contribution in [3.8, 4) is 11.5 Å². The number of ether oxygens (including phenoxy) is 1. The molecule has 0 N–H and O–H groups in total. The van der Waals surface area contributed by atoms with Crippen molar-refractivity contribution in [1.29, 1.82) is 0 Å². The van der Waals surface area contributed by atoms with Gasteiger partial charge in [0.05, 0.1) is 0 Å². The molecule has 0 aliphatic heterocycles. The largest absolute Gasteiger partial charge is 0.457 e. The predicted octanol–water partition coefficient (Wildman–Crippen LogP) is 10.6. The summed E-state index contributed by atoms with van der Waals surface area (Å²) in [5.41, 5.74) is 8.27. The van der Waals surface area contributed by atoms with E-state index < -0.39 is 0 Å². The SMILES string of the molecule is C=C(CC)CC(C)C(C)=O.CC.CC.CCc1cc(C)c(Oc2cccc(C(C)C)c2)c2c1CCC2. The van der Waals surface area contributed by atoms with Gasteiger partial charge in [0, 0.05) is 5.92 Å². The smallest absolute Gasteiger partial charge is 0.133 e. The summed E-state index contributed by atoms with van der Waals surface area (Å²) in [7, 11) is 0. The first-order chi connectivity index (χ1) is 17.2. The maximum absolute atomic E-state index is 10.8. The molecule has 1 aliphatic rings. The monoisotopic (exact) mass is 494 g/mol. The van der Waals surface area contributed by atoms with Crippen LogP contribution in [0.2, 0.25) is 0 Å². The van der Waals surface area contributed by atoms with E-state index in [9.17, 15) is 4.79 Å². The lowest BCUT2D eigenvalue weighted by Crippen LogP contribution is -2.06. The number of aryl methyl sites for hydroxylation is 2. The molecule has 0 bridgehead atoms. The quantitative estimate of drug-likeness (QED) is 0.341. The standard InChI is InChI=1S/C21H26O.C9H16O.2C2H6/c1-5-16-12-15(4)21(20-11-7-10-19(16)20)22-18-9-6-8-17(13-18)14(2)3;1-5-7(2)6-8(3)9(4)10;2*1-2/h6,8-9,12-14H,5,7,10-11H2,1-4H3;8H,2,5-6H2,1,3-4H3;2*1-2H3. The van der Waals surface area contributed by atoms with E-state index in [2.05, 4.69) is 71.5 Å². The first-order valence-corrected chi connectivity index (χ1v) is 14.3. The second-order valence-corrected chi connectivity index (χ2v) is 9.49. The van der Waals surface area contributed by atoms with Crippen LogP contribution in [-0.4, -0.2) is 5.78 Å². The van der Waals surface area contributed by atoms with Crippen LogP contribution in [0.5, 0.6) is 11.5 Å². The van der Waals surface area contributed by atoms with Gasteiger partial charge in [0.25, 0.3) is 0 Å². The number of hydrogen-bond acceptors (Lipinski definition) is 2. The highest BCUT2D eigenvalue weighted by molar-refractivity contribution is 5.78. The van der Waals surface area contributed by atoms with Crippen molar-refractivity contribution in [2.45, 2.75) is 121 Å². The molecule has 2 nitrogen and oxygen atoms in total. The van der Waals surface area contributed by atoms with Gasteiger partial charge in [-0.25, -0.2) is 0 Å². The van der Waals surface area contributed by atoms with Gasteiger partial charge in [-0.1, -0.05) is 92.7 Å². The Kier molecular flexibility index (Phi) is 16.8. The first-order valence-electron chi connectivity index (χ1n) is 14.3. The van der Waals surface area contributed by atoms with E-state index in [-0.39, 0.29) is 11.7 Å². The molecule has 0 radical (unpaired) electrons. The molecular weight excluding hydrogens is 440 g/mol. The lowest BCUT2D eigenvalue weighted by molar-refractivity contribution is -0.120. The van der Waals surface area contributed by atoms with Crippen molar-refractivity contribution in [2.24, 2.45) is 5.92 Å². The number of carbonyl (C=O) groups excluding carboxylic acids is 1. The minimum atomic E-state index is 0.160. The van der Waals surface area contributed by atoms with Gasteiger partial charge < -0.3 is 4.74 Å². The topological polar surface area (TPSA) is 26.3 Å². The molecule has 1 unspecified atom stereocenters. The Balaban J connectivity index is 0.000000742. The molecule has 1 atom stereocenters. The molecule has 202 valence electrons. The fraction of sp³-hybridized carbons (Fsp3) is 0.559. The maximum atomic E-state index is 10.8. The van der Waals surface area contributed by atoms with Gasteiger partial charge in [-0.3, -0.25) is 4.79 Å². The average molecular weight is 495 g/mol. The van der Waals surface area contributed by atoms with Crippen molar-refractivity contribution in [2.75, 3.05) is 0 Å². The molecular formula is C34H54O2. The normalized spacial score (nSPS) is 12.1. The highest BCUT2D eigenvalue weighted by atomic mass is 16.5. The van der Waals surface area contributed by atoms with Gasteiger partial charge >= 0.3 is 0 Å². The zero-order valence-corrected chi connectivity index (χ0v) is 25.3. The molecule has 0 saturated carbocycles. The summed E-state index contributed by atoms with van der Waals surface area (Å²) in [6.45, 7) is 26.4. The van der Waals surface area contributed by atoms with Gasteiger partial charge in [0.2, 0.25) is 0 Å². The van der Waals surface area contributed by atoms with E-state index in [0.29, 0.717) is 5.92 Å². The molecule has 0 amide bonds. The number of allylic oxidation sites excluding steroid dienone is 1. The predicted molar refractivity (Wildman–Crippen MR) is 160 cm³/mol. The van der Waals surface area contributed by atoms with E-state index in [0.717, 1.165) is 37.2 Å². The summed E-state index contributed by atoms with van der Waals surface area (Å²) >= 11 is 0. The molecule has 2 aromatic carbocycles. The number of ketones is 1. The summed E-state index contributed by atoms with van der Waals surface area (Å²) in [4.78, 5) is 10.8. The molecule has 2 heteroatoms. The Morgan fingerprint density at radius 2 is 1.61 bits per heavy atom. The van der Waals surface area contributed by atoms with Crippen LogP contribution in [0.3, 0.4) is 0 Å². The van der Waals surface area contributed by atoms with E-state index >= 15 is 0 Å². The second-order valence-electron chi connectivity index (χ2n) is 9.49. The van der Waals surface area contributed by atoms with Gasteiger partial charge in [0.1, 0.15) is 17.3 Å². The summed E-state index contributed by atoms with van der Waals surface area (Å²) in [5.74, 6) is 3.01. The number of Topliss-reactive ketones (excluding diaryl/α,β-unsaturated/α-hetero) is 1. The molecule has 3 rings (SSSR count). The molecule has 2 aromatic rings.